The molecule has 0 aromatic carbocycles. The van der Waals surface area contributed by atoms with Crippen LogP contribution in [0.2, 0.25) is 0 Å². The van der Waals surface area contributed by atoms with E-state index in [0.29, 0.717) is 12.8 Å². The summed E-state index contributed by atoms with van der Waals surface area (Å²) < 4.78 is 0. The first-order valence-electron chi connectivity index (χ1n) is 4.23. The standard InChI is InChI=1S/C8H12N2O2S/c1-3-8(4-2)5(11)9-7(13)10-6(8)12/h3-4H2,1-2H3,(H2,9,10,11,12,13). The molecule has 1 fully saturated rings. The van der Waals surface area contributed by atoms with Gasteiger partial charge in [-0.25, -0.2) is 0 Å². The highest BCUT2D eigenvalue weighted by Gasteiger charge is 2.46. The Kier molecular flexibility index (Phi) is 2.66. The normalized spacial score (nSPS) is 20.9. The van der Waals surface area contributed by atoms with Gasteiger partial charge in [-0.05, 0) is 25.1 Å². The van der Waals surface area contributed by atoms with Gasteiger partial charge >= 0.3 is 0 Å². The van der Waals surface area contributed by atoms with Crippen molar-refractivity contribution in [3.63, 3.8) is 0 Å². The van der Waals surface area contributed by atoms with Crippen LogP contribution in [0.5, 0.6) is 0 Å². The number of nitrogens with one attached hydrogen (secondary N) is 2. The van der Waals surface area contributed by atoms with Crippen molar-refractivity contribution in [3.05, 3.63) is 0 Å². The monoisotopic (exact) mass is 200 g/mol. The van der Waals surface area contributed by atoms with Gasteiger partial charge in [0.25, 0.3) is 0 Å². The maximum absolute atomic E-state index is 11.5. The quantitative estimate of drug-likeness (QED) is 0.498. The summed E-state index contributed by atoms with van der Waals surface area (Å²) >= 11 is 4.69. The third kappa shape index (κ3) is 1.44. The van der Waals surface area contributed by atoms with Gasteiger partial charge in [0, 0.05) is 0 Å². The lowest BCUT2D eigenvalue weighted by Gasteiger charge is -2.33. The van der Waals surface area contributed by atoms with E-state index in [1.54, 1.807) is 0 Å². The first-order chi connectivity index (χ1) is 6.06. The third-order valence-electron chi connectivity index (χ3n) is 2.53. The zero-order valence-corrected chi connectivity index (χ0v) is 8.46. The van der Waals surface area contributed by atoms with Gasteiger partial charge in [0.05, 0.1) is 0 Å². The lowest BCUT2D eigenvalue weighted by atomic mass is 9.79. The molecule has 1 saturated heterocycles. The number of hydrogen-bond acceptors (Lipinski definition) is 3. The van der Waals surface area contributed by atoms with Crippen LogP contribution < -0.4 is 10.6 Å². The van der Waals surface area contributed by atoms with Gasteiger partial charge < -0.3 is 10.6 Å². The Morgan fingerprint density at radius 1 is 1.15 bits per heavy atom. The van der Waals surface area contributed by atoms with Crippen LogP contribution in [-0.2, 0) is 9.59 Å². The van der Waals surface area contributed by atoms with Crippen molar-refractivity contribution in [2.24, 2.45) is 5.41 Å². The predicted molar refractivity (Wildman–Crippen MR) is 51.9 cm³/mol. The average Bonchev–Trinajstić information content (AvgIpc) is 2.05. The first kappa shape index (κ1) is 10.1. The second-order valence-electron chi connectivity index (χ2n) is 3.03. The summed E-state index contributed by atoms with van der Waals surface area (Å²) in [5.41, 5.74) is -0.928. The second-order valence-corrected chi connectivity index (χ2v) is 3.43. The van der Waals surface area contributed by atoms with E-state index in [-0.39, 0.29) is 16.9 Å². The van der Waals surface area contributed by atoms with Crippen LogP contribution in [0.4, 0.5) is 0 Å². The van der Waals surface area contributed by atoms with Crippen molar-refractivity contribution in [2.45, 2.75) is 26.7 Å². The fraction of sp³-hybridized carbons (Fsp3) is 0.625. The lowest BCUT2D eigenvalue weighted by molar-refractivity contribution is -0.144. The van der Waals surface area contributed by atoms with Crippen molar-refractivity contribution < 1.29 is 9.59 Å². The zero-order chi connectivity index (χ0) is 10.1. The fourth-order valence-corrected chi connectivity index (χ4v) is 1.66. The van der Waals surface area contributed by atoms with Gasteiger partial charge in [0.1, 0.15) is 5.41 Å². The maximum Gasteiger partial charge on any atom is 0.241 e. The number of carbonyl (C=O) groups is 2. The van der Waals surface area contributed by atoms with Gasteiger partial charge in [0.2, 0.25) is 11.8 Å². The minimum atomic E-state index is -0.928. The molecule has 2 amide bonds. The number of thiocarbonyl (C=S) groups is 1. The van der Waals surface area contributed by atoms with E-state index in [0.717, 1.165) is 0 Å². The Hall–Kier alpha value is -0.970. The van der Waals surface area contributed by atoms with Crippen LogP contribution in [0.3, 0.4) is 0 Å². The molecule has 5 heteroatoms. The van der Waals surface area contributed by atoms with E-state index < -0.39 is 5.41 Å². The molecule has 1 aliphatic rings. The summed E-state index contributed by atoms with van der Waals surface area (Å²) in [5.74, 6) is -0.572. The Bertz CT molecular complexity index is 249. The molecule has 0 bridgehead atoms. The molecule has 1 aliphatic heterocycles. The molecule has 72 valence electrons. The molecule has 4 nitrogen and oxygen atoms in total. The van der Waals surface area contributed by atoms with Crippen molar-refractivity contribution >= 4 is 29.1 Å². The highest BCUT2D eigenvalue weighted by molar-refractivity contribution is 7.80. The van der Waals surface area contributed by atoms with Crippen molar-refractivity contribution in [2.75, 3.05) is 0 Å². The van der Waals surface area contributed by atoms with Crippen LogP contribution in [0, 0.1) is 5.41 Å². The highest BCUT2D eigenvalue weighted by Crippen LogP contribution is 2.28. The van der Waals surface area contributed by atoms with Crippen molar-refractivity contribution in [1.82, 2.24) is 10.6 Å². The number of hydrogen-bond donors (Lipinski definition) is 2. The largest absolute Gasteiger partial charge is 0.302 e. The molecular weight excluding hydrogens is 188 g/mol. The second kappa shape index (κ2) is 3.41. The Balaban J connectivity index is 3.01. The molecule has 2 N–H and O–H groups in total. The van der Waals surface area contributed by atoms with Crippen LogP contribution in [0.15, 0.2) is 0 Å². The molecule has 0 atom stereocenters. The fourth-order valence-electron chi connectivity index (χ4n) is 1.47. The molecule has 0 spiro atoms. The average molecular weight is 200 g/mol. The molecular formula is C8H12N2O2S. The van der Waals surface area contributed by atoms with E-state index in [4.69, 9.17) is 12.2 Å². The summed E-state index contributed by atoms with van der Waals surface area (Å²) in [5, 5.41) is 5.03. The van der Waals surface area contributed by atoms with Crippen LogP contribution in [0.25, 0.3) is 0 Å². The van der Waals surface area contributed by atoms with E-state index in [1.807, 2.05) is 13.8 Å². The smallest absolute Gasteiger partial charge is 0.241 e. The number of carbonyl (C=O) groups excluding carboxylic acids is 2. The SMILES string of the molecule is CCC1(CC)C(=O)NC(=S)NC1=O. The molecule has 13 heavy (non-hydrogen) atoms. The van der Waals surface area contributed by atoms with Crippen LogP contribution in [0.1, 0.15) is 26.7 Å². The summed E-state index contributed by atoms with van der Waals surface area (Å²) in [6.07, 6.45) is 0.980. The maximum atomic E-state index is 11.5. The zero-order valence-electron chi connectivity index (χ0n) is 7.64. The Morgan fingerprint density at radius 2 is 1.54 bits per heavy atom. The highest BCUT2D eigenvalue weighted by atomic mass is 32.1. The molecule has 0 aromatic heterocycles. The molecule has 0 aliphatic carbocycles. The van der Waals surface area contributed by atoms with Gasteiger partial charge in [-0.2, -0.15) is 0 Å². The lowest BCUT2D eigenvalue weighted by Crippen LogP contribution is -2.61. The van der Waals surface area contributed by atoms with Crippen molar-refractivity contribution in [1.29, 1.82) is 0 Å². The van der Waals surface area contributed by atoms with E-state index >= 15 is 0 Å². The molecule has 0 radical (unpaired) electrons. The van der Waals surface area contributed by atoms with Gasteiger partial charge in [0.15, 0.2) is 5.11 Å². The summed E-state index contributed by atoms with van der Waals surface area (Å²) in [7, 11) is 0. The predicted octanol–water partition coefficient (Wildman–Crippen LogP) is 0.324. The molecule has 1 heterocycles. The minimum Gasteiger partial charge on any atom is -0.302 e. The number of rotatable bonds is 2. The Morgan fingerprint density at radius 3 is 1.85 bits per heavy atom. The topological polar surface area (TPSA) is 58.2 Å². The van der Waals surface area contributed by atoms with E-state index in [9.17, 15) is 9.59 Å². The summed E-state index contributed by atoms with van der Waals surface area (Å²) in [6.45, 7) is 3.63. The van der Waals surface area contributed by atoms with Crippen molar-refractivity contribution in [3.8, 4) is 0 Å². The number of amides is 2. The van der Waals surface area contributed by atoms with Gasteiger partial charge in [-0.3, -0.25) is 9.59 Å². The third-order valence-corrected chi connectivity index (χ3v) is 2.73. The molecule has 1 rings (SSSR count). The summed E-state index contributed by atoms with van der Waals surface area (Å²) in [4.78, 5) is 23.1. The first-order valence-corrected chi connectivity index (χ1v) is 4.64. The van der Waals surface area contributed by atoms with E-state index in [1.165, 1.54) is 0 Å². The van der Waals surface area contributed by atoms with Crippen LogP contribution >= 0.6 is 12.2 Å². The molecule has 0 unspecified atom stereocenters. The van der Waals surface area contributed by atoms with Gasteiger partial charge in [-0.1, -0.05) is 13.8 Å². The Labute approximate surface area is 82.1 Å². The molecule has 0 saturated carbocycles. The van der Waals surface area contributed by atoms with Crippen LogP contribution in [-0.4, -0.2) is 16.9 Å². The van der Waals surface area contributed by atoms with Gasteiger partial charge in [-0.15, -0.1) is 0 Å². The molecule has 0 aromatic rings. The summed E-state index contributed by atoms with van der Waals surface area (Å²) in [6, 6.07) is 0. The van der Waals surface area contributed by atoms with E-state index in [2.05, 4.69) is 10.6 Å². The minimum absolute atomic E-state index is 0.104.